The maximum Gasteiger partial charge on any atom is 0.303 e. The van der Waals surface area contributed by atoms with E-state index in [1.807, 2.05) is 5.32 Å². The molecule has 1 aliphatic rings. The Morgan fingerprint density at radius 3 is 2.22 bits per heavy atom. The van der Waals surface area contributed by atoms with Crippen LogP contribution in [-0.4, -0.2) is 26.2 Å². The standard InChI is InChI=1S/C15H11N5O7/c1-5-3-8(19(24)25)6(2)12(20(26)27)11(5)18-9(21)4-7-10(13(18)16)15(23)17-14(7)22/h3-4H,16H2,1-2H3,(H,17,22,23). The zero-order valence-corrected chi connectivity index (χ0v) is 13.9. The average Bonchev–Trinajstić information content (AvgIpc) is 2.83. The van der Waals surface area contributed by atoms with E-state index in [9.17, 15) is 34.6 Å². The lowest BCUT2D eigenvalue weighted by atomic mass is 10.0. The third-order valence-electron chi connectivity index (χ3n) is 4.25. The summed E-state index contributed by atoms with van der Waals surface area (Å²) in [7, 11) is 0. The number of nitrogens with two attached hydrogens (primary N) is 1. The SMILES string of the molecule is Cc1cc([N+](=O)[O-])c(C)c([N+](=O)[O-])c1-n1c(N)c2c(cc1=O)C(=O)NC2=O. The minimum atomic E-state index is -0.893. The number of pyridine rings is 1. The number of nitrogens with zero attached hydrogens (tertiary/aromatic N) is 3. The van der Waals surface area contributed by atoms with Crippen molar-refractivity contribution in [2.24, 2.45) is 0 Å². The maximum atomic E-state index is 12.5. The normalized spacial score (nSPS) is 12.7. The number of anilines is 1. The van der Waals surface area contributed by atoms with Crippen molar-refractivity contribution < 1.29 is 19.4 Å². The zero-order chi connectivity index (χ0) is 20.2. The summed E-state index contributed by atoms with van der Waals surface area (Å²) in [5.41, 5.74) is 2.73. The summed E-state index contributed by atoms with van der Waals surface area (Å²) in [6.07, 6.45) is 0. The number of carbonyl (C=O) groups excluding carboxylic acids is 2. The van der Waals surface area contributed by atoms with Crippen molar-refractivity contribution in [1.29, 1.82) is 0 Å². The molecule has 0 fully saturated rings. The first-order valence-electron chi connectivity index (χ1n) is 7.40. The van der Waals surface area contributed by atoms with Gasteiger partial charge in [-0.05, 0) is 19.4 Å². The molecule has 2 amide bonds. The summed E-state index contributed by atoms with van der Waals surface area (Å²) in [4.78, 5) is 57.4. The third-order valence-corrected chi connectivity index (χ3v) is 4.25. The Balaban J connectivity index is 2.49. The molecule has 0 spiro atoms. The van der Waals surface area contributed by atoms with Crippen LogP contribution in [0.2, 0.25) is 0 Å². The minimum absolute atomic E-state index is 0.0254. The van der Waals surface area contributed by atoms with E-state index in [0.29, 0.717) is 4.57 Å². The number of benzene rings is 1. The predicted molar refractivity (Wildman–Crippen MR) is 91.0 cm³/mol. The Hall–Kier alpha value is -4.09. The number of carbonyl (C=O) groups is 2. The van der Waals surface area contributed by atoms with Crippen molar-refractivity contribution in [3.63, 3.8) is 0 Å². The smallest absolute Gasteiger partial charge is 0.303 e. The number of nitrogen functional groups attached to an aromatic ring is 1. The fraction of sp³-hybridized carbons (Fsp3) is 0.133. The second-order valence-corrected chi connectivity index (χ2v) is 5.82. The summed E-state index contributed by atoms with van der Waals surface area (Å²) in [6.45, 7) is 2.50. The second kappa shape index (κ2) is 5.72. The number of imide groups is 1. The van der Waals surface area contributed by atoms with E-state index in [0.717, 1.165) is 12.1 Å². The van der Waals surface area contributed by atoms with Gasteiger partial charge in [-0.1, -0.05) is 0 Å². The first-order valence-corrected chi connectivity index (χ1v) is 7.40. The van der Waals surface area contributed by atoms with Crippen molar-refractivity contribution in [2.75, 3.05) is 5.73 Å². The summed E-state index contributed by atoms with van der Waals surface area (Å²) in [6, 6.07) is 1.91. The Morgan fingerprint density at radius 1 is 1.04 bits per heavy atom. The molecule has 12 nitrogen and oxygen atoms in total. The van der Waals surface area contributed by atoms with Gasteiger partial charge in [0.1, 0.15) is 17.1 Å². The molecule has 0 saturated heterocycles. The Morgan fingerprint density at radius 2 is 1.67 bits per heavy atom. The molecule has 0 bridgehead atoms. The summed E-state index contributed by atoms with van der Waals surface area (Å²) in [5.74, 6) is -2.13. The van der Waals surface area contributed by atoms with E-state index in [2.05, 4.69) is 0 Å². The van der Waals surface area contributed by atoms with Gasteiger partial charge in [0, 0.05) is 12.1 Å². The van der Waals surface area contributed by atoms with Gasteiger partial charge >= 0.3 is 5.69 Å². The van der Waals surface area contributed by atoms with Gasteiger partial charge in [-0.3, -0.25) is 44.5 Å². The molecule has 0 atom stereocenters. The third kappa shape index (κ3) is 2.42. The molecule has 27 heavy (non-hydrogen) atoms. The fourth-order valence-electron chi connectivity index (χ4n) is 3.07. The van der Waals surface area contributed by atoms with Gasteiger partial charge in [0.05, 0.1) is 21.0 Å². The van der Waals surface area contributed by atoms with Gasteiger partial charge in [0.25, 0.3) is 23.1 Å². The molecule has 0 radical (unpaired) electrons. The van der Waals surface area contributed by atoms with Crippen LogP contribution >= 0.6 is 0 Å². The topological polar surface area (TPSA) is 180 Å². The summed E-state index contributed by atoms with van der Waals surface area (Å²) in [5, 5.41) is 24.8. The largest absolute Gasteiger partial charge is 0.384 e. The van der Waals surface area contributed by atoms with Gasteiger partial charge in [0.15, 0.2) is 0 Å². The average molecular weight is 373 g/mol. The van der Waals surface area contributed by atoms with Crippen LogP contribution < -0.4 is 16.6 Å². The predicted octanol–water partition coefficient (Wildman–Crippen LogP) is 0.737. The number of fused-ring (bicyclic) bond motifs is 1. The molecule has 0 saturated carbocycles. The van der Waals surface area contributed by atoms with Crippen molar-refractivity contribution in [3.8, 4) is 5.69 Å². The Labute approximate surface area is 149 Å². The first kappa shape index (κ1) is 17.7. The molecule has 12 heteroatoms. The number of nitro groups is 2. The number of hydrogen-bond acceptors (Lipinski definition) is 8. The highest BCUT2D eigenvalue weighted by Gasteiger charge is 2.35. The number of amides is 2. The Bertz CT molecular complexity index is 1150. The van der Waals surface area contributed by atoms with Crippen LogP contribution in [0.25, 0.3) is 5.69 Å². The molecular weight excluding hydrogens is 362 g/mol. The van der Waals surface area contributed by atoms with Crippen molar-refractivity contribution in [3.05, 3.63) is 65.0 Å². The lowest BCUT2D eigenvalue weighted by Crippen LogP contribution is -2.25. The van der Waals surface area contributed by atoms with E-state index in [-0.39, 0.29) is 27.9 Å². The van der Waals surface area contributed by atoms with Crippen LogP contribution in [0, 0.1) is 34.1 Å². The van der Waals surface area contributed by atoms with E-state index in [1.165, 1.54) is 13.8 Å². The lowest BCUT2D eigenvalue weighted by molar-refractivity contribution is -0.395. The van der Waals surface area contributed by atoms with Crippen molar-refractivity contribution in [2.45, 2.75) is 13.8 Å². The first-order chi connectivity index (χ1) is 12.6. The van der Waals surface area contributed by atoms with Crippen LogP contribution in [0.5, 0.6) is 0 Å². The van der Waals surface area contributed by atoms with Crippen LogP contribution in [0.3, 0.4) is 0 Å². The number of nitrogens with one attached hydrogen (secondary N) is 1. The summed E-state index contributed by atoms with van der Waals surface area (Å²) < 4.78 is 0.710. The van der Waals surface area contributed by atoms with Gasteiger partial charge < -0.3 is 5.73 Å². The van der Waals surface area contributed by atoms with Gasteiger partial charge in [-0.15, -0.1) is 0 Å². The number of rotatable bonds is 3. The minimum Gasteiger partial charge on any atom is -0.384 e. The number of nitro benzene ring substituents is 2. The highest BCUT2D eigenvalue weighted by Crippen LogP contribution is 2.37. The van der Waals surface area contributed by atoms with Crippen molar-refractivity contribution in [1.82, 2.24) is 9.88 Å². The maximum absolute atomic E-state index is 12.5. The van der Waals surface area contributed by atoms with Crippen LogP contribution in [0.1, 0.15) is 31.8 Å². The van der Waals surface area contributed by atoms with Crippen LogP contribution in [0.4, 0.5) is 17.2 Å². The lowest BCUT2D eigenvalue weighted by Gasteiger charge is -2.15. The number of hydrogen-bond donors (Lipinski definition) is 2. The van der Waals surface area contributed by atoms with E-state index >= 15 is 0 Å². The monoisotopic (exact) mass is 373 g/mol. The molecule has 0 aliphatic carbocycles. The van der Waals surface area contributed by atoms with E-state index < -0.39 is 44.4 Å². The molecule has 2 heterocycles. The van der Waals surface area contributed by atoms with Gasteiger partial charge in [-0.25, -0.2) is 0 Å². The quantitative estimate of drug-likeness (QED) is 0.448. The second-order valence-electron chi connectivity index (χ2n) is 5.82. The highest BCUT2D eigenvalue weighted by atomic mass is 16.6. The van der Waals surface area contributed by atoms with Gasteiger partial charge in [0.2, 0.25) is 0 Å². The van der Waals surface area contributed by atoms with E-state index in [1.54, 1.807) is 0 Å². The molecular formula is C15H11N5O7. The number of aryl methyl sites for hydroxylation is 1. The molecule has 0 unspecified atom stereocenters. The molecule has 1 aromatic carbocycles. The molecule has 138 valence electrons. The molecule has 1 aliphatic heterocycles. The fourth-order valence-corrected chi connectivity index (χ4v) is 3.07. The molecule has 2 aromatic rings. The van der Waals surface area contributed by atoms with Crippen LogP contribution in [0.15, 0.2) is 16.9 Å². The van der Waals surface area contributed by atoms with Gasteiger partial charge in [-0.2, -0.15) is 0 Å². The van der Waals surface area contributed by atoms with Crippen molar-refractivity contribution >= 4 is 29.0 Å². The highest BCUT2D eigenvalue weighted by molar-refractivity contribution is 6.23. The molecule has 1 aromatic heterocycles. The molecule has 3 N–H and O–H groups in total. The zero-order valence-electron chi connectivity index (χ0n) is 13.9. The Kier molecular flexibility index (Phi) is 3.76. The van der Waals surface area contributed by atoms with E-state index in [4.69, 9.17) is 5.73 Å². The van der Waals surface area contributed by atoms with Crippen LogP contribution in [-0.2, 0) is 0 Å². The number of aromatic nitrogens is 1. The summed E-state index contributed by atoms with van der Waals surface area (Å²) >= 11 is 0. The molecule has 3 rings (SSSR count).